The average Bonchev–Trinajstić information content (AvgIpc) is 3.30. The van der Waals surface area contributed by atoms with Gasteiger partial charge >= 0.3 is 6.09 Å². The number of aromatic nitrogens is 2. The van der Waals surface area contributed by atoms with Crippen LogP contribution in [0.25, 0.3) is 11.5 Å². The van der Waals surface area contributed by atoms with Crippen molar-refractivity contribution in [1.29, 1.82) is 0 Å². The number of ether oxygens (including phenoxy) is 1. The molecule has 2 heterocycles. The van der Waals surface area contributed by atoms with Crippen LogP contribution >= 0.6 is 11.6 Å². The minimum absolute atomic E-state index is 0.0963. The molecule has 1 atom stereocenters. The zero-order valence-electron chi connectivity index (χ0n) is 16.8. The summed E-state index contributed by atoms with van der Waals surface area (Å²) in [6.07, 6.45) is -1.14. The molecule has 2 aromatic carbocycles. The van der Waals surface area contributed by atoms with E-state index in [0.717, 1.165) is 6.07 Å². The van der Waals surface area contributed by atoms with E-state index in [9.17, 15) is 19.1 Å². The molecule has 3 aromatic rings. The predicted octanol–water partition coefficient (Wildman–Crippen LogP) is 3.19. The van der Waals surface area contributed by atoms with Gasteiger partial charge in [0.05, 0.1) is 0 Å². The first-order chi connectivity index (χ1) is 15.2. The highest BCUT2D eigenvalue weighted by molar-refractivity contribution is 6.30. The zero-order chi connectivity index (χ0) is 22.9. The lowest BCUT2D eigenvalue weighted by Gasteiger charge is -2.22. The highest BCUT2D eigenvalue weighted by Gasteiger charge is 2.49. The van der Waals surface area contributed by atoms with Gasteiger partial charge in [-0.05, 0) is 48.0 Å². The monoisotopic (exact) mass is 460 g/mol. The molecule has 0 bridgehead atoms. The van der Waals surface area contributed by atoms with Gasteiger partial charge in [-0.15, -0.1) is 10.2 Å². The predicted molar refractivity (Wildman–Crippen MR) is 111 cm³/mol. The van der Waals surface area contributed by atoms with Crippen molar-refractivity contribution in [1.82, 2.24) is 15.5 Å². The Hall–Kier alpha value is -3.50. The fraction of sp³-hybridized carbons (Fsp3) is 0.238. The molecule has 1 aliphatic heterocycles. The van der Waals surface area contributed by atoms with Crippen molar-refractivity contribution < 1.29 is 28.2 Å². The fourth-order valence-electron chi connectivity index (χ4n) is 3.30. The minimum Gasteiger partial charge on any atom is -0.421 e. The molecule has 0 radical (unpaired) electrons. The molecule has 32 heavy (non-hydrogen) atoms. The molecular weight excluding hydrogens is 443 g/mol. The maximum atomic E-state index is 13.4. The summed E-state index contributed by atoms with van der Waals surface area (Å²) >= 11 is 5.78. The van der Waals surface area contributed by atoms with Gasteiger partial charge in [0.25, 0.3) is 11.7 Å². The molecule has 9 nitrogen and oxygen atoms in total. The smallest absolute Gasteiger partial charge is 0.410 e. The van der Waals surface area contributed by atoms with Gasteiger partial charge in [0.15, 0.2) is 0 Å². The second kappa shape index (κ2) is 8.56. The number of hydrogen-bond acceptors (Lipinski definition) is 7. The van der Waals surface area contributed by atoms with Crippen molar-refractivity contribution in [3.05, 3.63) is 64.8 Å². The van der Waals surface area contributed by atoms with Gasteiger partial charge in [0.1, 0.15) is 5.82 Å². The number of halogens is 2. The van der Waals surface area contributed by atoms with Gasteiger partial charge in [0.2, 0.25) is 11.8 Å². The first-order valence-electron chi connectivity index (χ1n) is 9.60. The molecule has 0 saturated carbocycles. The Morgan fingerprint density at radius 1 is 1.31 bits per heavy atom. The van der Waals surface area contributed by atoms with E-state index in [0.29, 0.717) is 28.6 Å². The molecule has 1 unspecified atom stereocenters. The van der Waals surface area contributed by atoms with Crippen LogP contribution in [-0.4, -0.2) is 39.6 Å². The maximum absolute atomic E-state index is 13.4. The van der Waals surface area contributed by atoms with Crippen LogP contribution in [0.1, 0.15) is 17.9 Å². The van der Waals surface area contributed by atoms with E-state index < -0.39 is 23.6 Å². The van der Waals surface area contributed by atoms with Gasteiger partial charge in [-0.3, -0.25) is 4.79 Å². The molecular formula is C21H18ClFN4O5. The van der Waals surface area contributed by atoms with Crippen LogP contribution in [0, 0.1) is 12.7 Å². The molecule has 1 aromatic heterocycles. The second-order valence-electron chi connectivity index (χ2n) is 7.19. The van der Waals surface area contributed by atoms with E-state index in [2.05, 4.69) is 15.5 Å². The summed E-state index contributed by atoms with van der Waals surface area (Å²) in [5.74, 6) is -2.87. The molecule has 2 amide bonds. The fourth-order valence-corrected chi connectivity index (χ4v) is 3.54. The molecule has 1 saturated heterocycles. The van der Waals surface area contributed by atoms with Crippen LogP contribution in [0.5, 0.6) is 0 Å². The summed E-state index contributed by atoms with van der Waals surface area (Å²) in [5, 5.41) is 20.8. The number of alkyl carbamates (subject to hydrolysis) is 1. The van der Waals surface area contributed by atoms with Crippen LogP contribution < -0.4 is 10.2 Å². The van der Waals surface area contributed by atoms with E-state index >= 15 is 0 Å². The Balaban J connectivity index is 1.38. The van der Waals surface area contributed by atoms with E-state index in [4.69, 9.17) is 20.8 Å². The molecule has 166 valence electrons. The number of anilines is 1. The van der Waals surface area contributed by atoms with E-state index in [1.807, 2.05) is 0 Å². The zero-order valence-corrected chi connectivity index (χ0v) is 17.6. The molecule has 4 rings (SSSR count). The Morgan fingerprint density at radius 2 is 2.06 bits per heavy atom. The molecule has 11 heteroatoms. The average molecular weight is 461 g/mol. The lowest BCUT2D eigenvalue weighted by molar-refractivity contribution is -0.175. The number of nitrogens with one attached hydrogen (secondary N) is 1. The molecule has 2 N–H and O–H groups in total. The summed E-state index contributed by atoms with van der Waals surface area (Å²) < 4.78 is 23.7. The topological polar surface area (TPSA) is 118 Å². The molecule has 1 aliphatic rings. The largest absolute Gasteiger partial charge is 0.421 e. The van der Waals surface area contributed by atoms with Gasteiger partial charge < -0.3 is 24.5 Å². The molecule has 1 fully saturated rings. The van der Waals surface area contributed by atoms with Gasteiger partial charge in [-0.25, -0.2) is 9.18 Å². The van der Waals surface area contributed by atoms with Gasteiger partial charge in [-0.1, -0.05) is 11.6 Å². The van der Waals surface area contributed by atoms with Crippen molar-refractivity contribution in [3.63, 3.8) is 0 Å². The van der Waals surface area contributed by atoms with Gasteiger partial charge in [-0.2, -0.15) is 0 Å². The van der Waals surface area contributed by atoms with Crippen LogP contribution in [0.3, 0.4) is 0 Å². The SMILES string of the molecule is Cc1nnc(-c2ccc(N3CCC(O)(OC(=O)NCc4cc(F)cc(Cl)c4)C3=O)cc2)o1. The minimum atomic E-state index is -2.31. The van der Waals surface area contributed by atoms with E-state index in [-0.39, 0.29) is 24.5 Å². The van der Waals surface area contributed by atoms with Crippen molar-refractivity contribution >= 4 is 29.3 Å². The number of aryl methyl sites for hydroxylation is 1. The Bertz CT molecular complexity index is 1150. The van der Waals surface area contributed by atoms with E-state index in [1.54, 1.807) is 31.2 Å². The Labute approximate surface area is 186 Å². The number of hydrogen-bond donors (Lipinski definition) is 2. The van der Waals surface area contributed by atoms with Crippen LogP contribution in [0.2, 0.25) is 5.02 Å². The van der Waals surface area contributed by atoms with Crippen molar-refractivity contribution in [2.75, 3.05) is 11.4 Å². The van der Waals surface area contributed by atoms with Crippen LogP contribution in [0.4, 0.5) is 14.9 Å². The lowest BCUT2D eigenvalue weighted by atomic mass is 10.2. The Morgan fingerprint density at radius 3 is 2.72 bits per heavy atom. The first-order valence-corrected chi connectivity index (χ1v) is 9.98. The summed E-state index contributed by atoms with van der Waals surface area (Å²) in [6, 6.07) is 10.5. The maximum Gasteiger partial charge on any atom is 0.410 e. The summed E-state index contributed by atoms with van der Waals surface area (Å²) in [6.45, 7) is 1.72. The number of amides is 2. The summed E-state index contributed by atoms with van der Waals surface area (Å²) in [5.41, 5.74) is 1.57. The second-order valence-corrected chi connectivity index (χ2v) is 7.62. The normalized spacial score (nSPS) is 18.1. The van der Waals surface area contributed by atoms with Gasteiger partial charge in [0, 0.05) is 42.7 Å². The highest BCUT2D eigenvalue weighted by atomic mass is 35.5. The lowest BCUT2D eigenvalue weighted by Crippen LogP contribution is -2.46. The standard InChI is InChI=1S/C21H18ClFN4O5/c1-12-25-26-18(31-12)14-2-4-17(5-3-14)27-7-6-21(30,19(27)28)32-20(29)24-11-13-8-15(22)10-16(23)9-13/h2-5,8-10,30H,6-7,11H2,1H3,(H,24,29). The summed E-state index contributed by atoms with van der Waals surface area (Å²) in [4.78, 5) is 26.2. The quantitative estimate of drug-likeness (QED) is 0.561. The summed E-state index contributed by atoms with van der Waals surface area (Å²) in [7, 11) is 0. The van der Waals surface area contributed by atoms with Crippen molar-refractivity contribution in [2.24, 2.45) is 0 Å². The molecule has 0 spiro atoms. The third kappa shape index (κ3) is 4.56. The van der Waals surface area contributed by atoms with E-state index in [1.165, 1.54) is 17.0 Å². The number of rotatable bonds is 5. The molecule has 0 aliphatic carbocycles. The number of carbonyl (C=O) groups is 2. The third-order valence-electron chi connectivity index (χ3n) is 4.83. The first kappa shape index (κ1) is 21.7. The van der Waals surface area contributed by atoms with Crippen molar-refractivity contribution in [2.45, 2.75) is 25.7 Å². The number of aliphatic hydroxyl groups is 1. The van der Waals surface area contributed by atoms with Crippen molar-refractivity contribution in [3.8, 4) is 11.5 Å². The Kier molecular flexibility index (Phi) is 5.81. The number of nitrogens with zero attached hydrogens (tertiary/aromatic N) is 3. The van der Waals surface area contributed by atoms with Crippen LogP contribution in [0.15, 0.2) is 46.9 Å². The number of benzene rings is 2. The van der Waals surface area contributed by atoms with Crippen LogP contribution in [-0.2, 0) is 16.1 Å². The third-order valence-corrected chi connectivity index (χ3v) is 5.04. The highest BCUT2D eigenvalue weighted by Crippen LogP contribution is 2.31. The number of carbonyl (C=O) groups excluding carboxylic acids is 2.